The van der Waals surface area contributed by atoms with Crippen LogP contribution in [0.3, 0.4) is 0 Å². The van der Waals surface area contributed by atoms with Crippen molar-refractivity contribution in [3.63, 3.8) is 0 Å². The van der Waals surface area contributed by atoms with Gasteiger partial charge in [-0.15, -0.1) is 0 Å². The molecule has 2 N–H and O–H groups in total. The molecule has 0 saturated heterocycles. The van der Waals surface area contributed by atoms with Crippen LogP contribution in [0.5, 0.6) is 11.5 Å². The van der Waals surface area contributed by atoms with Crippen LogP contribution >= 0.6 is 0 Å². The molecule has 0 aliphatic rings. The molecule has 0 bridgehead atoms. The molecule has 0 aliphatic heterocycles. The van der Waals surface area contributed by atoms with E-state index in [1.807, 2.05) is 0 Å². The van der Waals surface area contributed by atoms with Crippen LogP contribution in [0.15, 0.2) is 60.9 Å². The van der Waals surface area contributed by atoms with Gasteiger partial charge in [0.2, 0.25) is 0 Å². The first-order valence-electron chi connectivity index (χ1n) is 7.76. The SMILES string of the molecule is COc1ccc(-c2c(C#Cc3ccncc3)ccc(O)c2C(=O)O)cc1. The Bertz CT molecular complexity index is 1000. The Balaban J connectivity index is 2.20. The summed E-state index contributed by atoms with van der Waals surface area (Å²) in [6.45, 7) is 0. The number of hydrogen-bond acceptors (Lipinski definition) is 4. The second-order valence-corrected chi connectivity index (χ2v) is 5.40. The maximum Gasteiger partial charge on any atom is 0.340 e. The summed E-state index contributed by atoms with van der Waals surface area (Å²) < 4.78 is 5.14. The molecule has 0 fully saturated rings. The molecule has 0 amide bonds. The van der Waals surface area contributed by atoms with Crippen LogP contribution in [0, 0.1) is 11.8 Å². The number of benzene rings is 2. The van der Waals surface area contributed by atoms with E-state index in [9.17, 15) is 15.0 Å². The zero-order chi connectivity index (χ0) is 18.5. The van der Waals surface area contributed by atoms with E-state index in [-0.39, 0.29) is 11.3 Å². The Hall–Kier alpha value is -3.78. The fourth-order valence-corrected chi connectivity index (χ4v) is 2.54. The summed E-state index contributed by atoms with van der Waals surface area (Å²) in [4.78, 5) is 15.7. The first kappa shape index (κ1) is 17.1. The molecule has 1 heterocycles. The normalized spacial score (nSPS) is 9.88. The van der Waals surface area contributed by atoms with Gasteiger partial charge in [0.15, 0.2) is 0 Å². The van der Waals surface area contributed by atoms with Gasteiger partial charge in [0.25, 0.3) is 0 Å². The summed E-state index contributed by atoms with van der Waals surface area (Å²) in [7, 11) is 1.55. The van der Waals surface area contributed by atoms with Crippen LogP contribution in [0.2, 0.25) is 0 Å². The number of nitrogens with zero attached hydrogens (tertiary/aromatic N) is 1. The van der Waals surface area contributed by atoms with Crippen LogP contribution in [0.1, 0.15) is 21.5 Å². The number of rotatable bonds is 3. The smallest absolute Gasteiger partial charge is 0.340 e. The average molecular weight is 345 g/mol. The molecule has 0 saturated carbocycles. The zero-order valence-electron chi connectivity index (χ0n) is 13.9. The molecule has 5 heteroatoms. The second-order valence-electron chi connectivity index (χ2n) is 5.40. The van der Waals surface area contributed by atoms with Gasteiger partial charge in [-0.25, -0.2) is 4.79 Å². The minimum atomic E-state index is -1.22. The number of aromatic hydroxyl groups is 1. The summed E-state index contributed by atoms with van der Waals surface area (Å²) in [5.74, 6) is 5.10. The van der Waals surface area contributed by atoms with Gasteiger partial charge in [-0.1, -0.05) is 24.0 Å². The van der Waals surface area contributed by atoms with Crippen molar-refractivity contribution in [2.45, 2.75) is 0 Å². The van der Waals surface area contributed by atoms with Crippen LogP contribution in [-0.4, -0.2) is 28.3 Å². The zero-order valence-corrected chi connectivity index (χ0v) is 13.9. The number of hydrogen-bond donors (Lipinski definition) is 2. The number of carboxylic acids is 1. The van der Waals surface area contributed by atoms with Gasteiger partial charge in [0.1, 0.15) is 17.1 Å². The van der Waals surface area contributed by atoms with E-state index in [0.717, 1.165) is 5.56 Å². The third kappa shape index (κ3) is 3.50. The Morgan fingerprint density at radius 3 is 2.31 bits per heavy atom. The molecular formula is C21H15NO4. The summed E-state index contributed by atoms with van der Waals surface area (Å²) >= 11 is 0. The number of methoxy groups -OCH3 is 1. The molecule has 0 radical (unpaired) electrons. The van der Waals surface area contributed by atoms with Crippen molar-refractivity contribution in [3.05, 3.63) is 77.6 Å². The first-order valence-corrected chi connectivity index (χ1v) is 7.76. The Morgan fingerprint density at radius 2 is 1.69 bits per heavy atom. The summed E-state index contributed by atoms with van der Waals surface area (Å²) in [5.41, 5.74) is 2.06. The first-order chi connectivity index (χ1) is 12.6. The number of carboxylic acid groups (broad SMARTS) is 1. The van der Waals surface area contributed by atoms with Crippen molar-refractivity contribution in [2.75, 3.05) is 7.11 Å². The predicted molar refractivity (Wildman–Crippen MR) is 97.3 cm³/mol. The number of aromatic nitrogens is 1. The lowest BCUT2D eigenvalue weighted by atomic mass is 9.93. The van der Waals surface area contributed by atoms with Gasteiger partial charge in [-0.3, -0.25) is 4.98 Å². The Labute approximate surface area is 150 Å². The predicted octanol–water partition coefficient (Wildman–Crippen LogP) is 3.56. The highest BCUT2D eigenvalue weighted by Gasteiger charge is 2.20. The molecule has 2 aromatic carbocycles. The number of pyridine rings is 1. The maximum absolute atomic E-state index is 11.7. The number of aromatic carboxylic acids is 1. The van der Waals surface area contributed by atoms with Crippen molar-refractivity contribution in [2.24, 2.45) is 0 Å². The van der Waals surface area contributed by atoms with Crippen LogP contribution in [0.25, 0.3) is 11.1 Å². The molecule has 1 aromatic heterocycles. The third-order valence-corrected chi connectivity index (χ3v) is 3.80. The fourth-order valence-electron chi connectivity index (χ4n) is 2.54. The van der Waals surface area contributed by atoms with E-state index in [1.165, 1.54) is 6.07 Å². The van der Waals surface area contributed by atoms with E-state index in [0.29, 0.717) is 22.4 Å². The van der Waals surface area contributed by atoms with Crippen molar-refractivity contribution < 1.29 is 19.7 Å². The van der Waals surface area contributed by atoms with E-state index in [1.54, 1.807) is 62.0 Å². The Kier molecular flexibility index (Phi) is 4.86. The number of phenols is 1. The maximum atomic E-state index is 11.7. The molecular weight excluding hydrogens is 330 g/mol. The highest BCUT2D eigenvalue weighted by atomic mass is 16.5. The molecule has 3 rings (SSSR count). The lowest BCUT2D eigenvalue weighted by Gasteiger charge is -2.12. The highest BCUT2D eigenvalue weighted by molar-refractivity contribution is 6.00. The van der Waals surface area contributed by atoms with Gasteiger partial charge < -0.3 is 14.9 Å². The van der Waals surface area contributed by atoms with Crippen molar-refractivity contribution in [1.29, 1.82) is 0 Å². The molecule has 0 atom stereocenters. The molecule has 0 aliphatic carbocycles. The minimum Gasteiger partial charge on any atom is -0.507 e. The molecule has 0 unspecified atom stereocenters. The number of ether oxygens (including phenoxy) is 1. The molecule has 128 valence electrons. The third-order valence-electron chi connectivity index (χ3n) is 3.80. The van der Waals surface area contributed by atoms with Gasteiger partial charge >= 0.3 is 5.97 Å². The monoisotopic (exact) mass is 345 g/mol. The van der Waals surface area contributed by atoms with Crippen molar-refractivity contribution >= 4 is 5.97 Å². The highest BCUT2D eigenvalue weighted by Crippen LogP contribution is 2.34. The van der Waals surface area contributed by atoms with Crippen LogP contribution in [0.4, 0.5) is 0 Å². The molecule has 0 spiro atoms. The van der Waals surface area contributed by atoms with Gasteiger partial charge in [-0.2, -0.15) is 0 Å². The van der Waals surface area contributed by atoms with E-state index in [4.69, 9.17) is 4.74 Å². The average Bonchev–Trinajstić information content (AvgIpc) is 2.67. The minimum absolute atomic E-state index is 0.184. The largest absolute Gasteiger partial charge is 0.507 e. The van der Waals surface area contributed by atoms with Crippen molar-refractivity contribution in [3.8, 4) is 34.5 Å². The van der Waals surface area contributed by atoms with Crippen LogP contribution in [-0.2, 0) is 0 Å². The van der Waals surface area contributed by atoms with Gasteiger partial charge in [0, 0.05) is 29.1 Å². The molecule has 3 aromatic rings. The lowest BCUT2D eigenvalue weighted by molar-refractivity contribution is 0.0694. The van der Waals surface area contributed by atoms with Gasteiger partial charge in [-0.05, 0) is 42.0 Å². The number of carbonyl (C=O) groups is 1. The summed E-state index contributed by atoms with van der Waals surface area (Å²) in [6.07, 6.45) is 3.27. The standard InChI is InChI=1S/C21H15NO4/c1-26-17-7-4-16(5-8-17)19-15(3-2-14-10-12-22-13-11-14)6-9-18(23)20(19)21(24)25/h4-13,23H,1H3,(H,24,25). The molecule has 5 nitrogen and oxygen atoms in total. The van der Waals surface area contributed by atoms with E-state index < -0.39 is 5.97 Å². The lowest BCUT2D eigenvalue weighted by Crippen LogP contribution is -2.02. The van der Waals surface area contributed by atoms with E-state index in [2.05, 4.69) is 16.8 Å². The summed E-state index contributed by atoms with van der Waals surface area (Å²) in [5, 5.41) is 19.6. The summed E-state index contributed by atoms with van der Waals surface area (Å²) in [6, 6.07) is 13.4. The fraction of sp³-hybridized carbons (Fsp3) is 0.0476. The quantitative estimate of drug-likeness (QED) is 0.710. The van der Waals surface area contributed by atoms with Crippen molar-refractivity contribution in [1.82, 2.24) is 4.98 Å². The Morgan fingerprint density at radius 1 is 1.00 bits per heavy atom. The van der Waals surface area contributed by atoms with Crippen LogP contribution < -0.4 is 4.74 Å². The molecule has 26 heavy (non-hydrogen) atoms. The topological polar surface area (TPSA) is 79.7 Å². The second kappa shape index (κ2) is 7.41. The van der Waals surface area contributed by atoms with E-state index >= 15 is 0 Å². The van der Waals surface area contributed by atoms with Gasteiger partial charge in [0.05, 0.1) is 7.11 Å².